The highest BCUT2D eigenvalue weighted by molar-refractivity contribution is 6.04. The molecule has 1 saturated heterocycles. The largest absolute Gasteiger partial charge is 0.479 e. The van der Waals surface area contributed by atoms with E-state index in [-0.39, 0.29) is 13.5 Å². The lowest BCUT2D eigenvalue weighted by atomic mass is 10.0. The summed E-state index contributed by atoms with van der Waals surface area (Å²) in [5, 5.41) is 11.9. The van der Waals surface area contributed by atoms with Gasteiger partial charge < -0.3 is 15.7 Å². The number of alkyl halides is 3. The lowest BCUT2D eigenvalue weighted by molar-refractivity contribution is -0.206. The molecule has 0 aromatic heterocycles. The minimum absolute atomic E-state index is 0.263. The van der Waals surface area contributed by atoms with Crippen LogP contribution in [0.25, 0.3) is 0 Å². The zero-order chi connectivity index (χ0) is 15.7. The van der Waals surface area contributed by atoms with Gasteiger partial charge >= 0.3 is 18.2 Å². The Labute approximate surface area is 109 Å². The molecule has 0 radical (unpaired) electrons. The summed E-state index contributed by atoms with van der Waals surface area (Å²) in [7, 11) is 0. The van der Waals surface area contributed by atoms with Gasteiger partial charge in [-0.1, -0.05) is 0 Å². The molecular formula is C9H10F3N3O5. The van der Waals surface area contributed by atoms with Crippen LogP contribution in [0.15, 0.2) is 0 Å². The third-order valence-corrected chi connectivity index (χ3v) is 2.62. The van der Waals surface area contributed by atoms with E-state index in [9.17, 15) is 32.3 Å². The molecule has 1 heterocycles. The number of halogens is 3. The lowest BCUT2D eigenvalue weighted by Gasteiger charge is -2.29. The number of carboxylic acid groups (broad SMARTS) is 1. The van der Waals surface area contributed by atoms with Crippen LogP contribution in [0.2, 0.25) is 0 Å². The van der Waals surface area contributed by atoms with Crippen molar-refractivity contribution in [2.24, 2.45) is 0 Å². The SMILES string of the molecule is CC(NC(=O)CN1C(=O)CNC1=O)(C(=O)O)C(F)(F)F. The van der Waals surface area contributed by atoms with Gasteiger partial charge in [0.25, 0.3) is 5.91 Å². The maximum Gasteiger partial charge on any atom is 0.422 e. The summed E-state index contributed by atoms with van der Waals surface area (Å²) >= 11 is 0. The summed E-state index contributed by atoms with van der Waals surface area (Å²) < 4.78 is 37.9. The van der Waals surface area contributed by atoms with Gasteiger partial charge in [-0.3, -0.25) is 14.5 Å². The second-order valence-electron chi connectivity index (χ2n) is 4.11. The first kappa shape index (κ1) is 15.7. The first-order valence-electron chi connectivity index (χ1n) is 5.18. The summed E-state index contributed by atoms with van der Waals surface area (Å²) in [6.07, 6.45) is -5.24. The molecule has 112 valence electrons. The number of carbonyl (C=O) groups excluding carboxylic acids is 3. The number of hydrogen-bond acceptors (Lipinski definition) is 4. The Morgan fingerprint density at radius 2 is 1.95 bits per heavy atom. The van der Waals surface area contributed by atoms with Gasteiger partial charge in [-0.25, -0.2) is 9.59 Å². The van der Waals surface area contributed by atoms with Gasteiger partial charge in [-0.05, 0) is 6.92 Å². The monoisotopic (exact) mass is 297 g/mol. The van der Waals surface area contributed by atoms with Crippen LogP contribution in [-0.2, 0) is 14.4 Å². The van der Waals surface area contributed by atoms with Gasteiger partial charge in [0, 0.05) is 0 Å². The smallest absolute Gasteiger partial charge is 0.422 e. The summed E-state index contributed by atoms with van der Waals surface area (Å²) in [4.78, 5) is 44.7. The van der Waals surface area contributed by atoms with E-state index in [2.05, 4.69) is 5.32 Å². The molecular weight excluding hydrogens is 287 g/mol. The van der Waals surface area contributed by atoms with Crippen LogP contribution in [0.5, 0.6) is 0 Å². The van der Waals surface area contributed by atoms with Gasteiger partial charge in [0.2, 0.25) is 11.4 Å². The van der Waals surface area contributed by atoms with E-state index in [0.717, 1.165) is 0 Å². The molecule has 20 heavy (non-hydrogen) atoms. The zero-order valence-electron chi connectivity index (χ0n) is 10.1. The van der Waals surface area contributed by atoms with E-state index < -0.39 is 42.1 Å². The average Bonchev–Trinajstić information content (AvgIpc) is 2.58. The Kier molecular flexibility index (Phi) is 3.92. The van der Waals surface area contributed by atoms with Crippen molar-refractivity contribution in [2.75, 3.05) is 13.1 Å². The first-order chi connectivity index (χ1) is 8.99. The lowest BCUT2D eigenvalue weighted by Crippen LogP contribution is -2.63. The van der Waals surface area contributed by atoms with Crippen molar-refractivity contribution in [3.8, 4) is 0 Å². The first-order valence-corrected chi connectivity index (χ1v) is 5.18. The molecule has 1 fully saturated rings. The molecule has 0 saturated carbocycles. The molecule has 4 amide bonds. The van der Waals surface area contributed by atoms with E-state index in [4.69, 9.17) is 5.11 Å². The minimum Gasteiger partial charge on any atom is -0.479 e. The van der Waals surface area contributed by atoms with E-state index >= 15 is 0 Å². The highest BCUT2D eigenvalue weighted by Crippen LogP contribution is 2.30. The van der Waals surface area contributed by atoms with Crippen LogP contribution in [0, 0.1) is 0 Å². The van der Waals surface area contributed by atoms with Crippen LogP contribution in [-0.4, -0.2) is 58.6 Å². The molecule has 0 spiro atoms. The van der Waals surface area contributed by atoms with Crippen LogP contribution >= 0.6 is 0 Å². The zero-order valence-corrected chi connectivity index (χ0v) is 10.1. The Morgan fingerprint density at radius 3 is 2.30 bits per heavy atom. The number of imide groups is 1. The molecule has 11 heteroatoms. The number of nitrogens with one attached hydrogen (secondary N) is 2. The predicted octanol–water partition coefficient (Wildman–Crippen LogP) is -0.940. The molecule has 1 atom stereocenters. The Morgan fingerprint density at radius 1 is 1.40 bits per heavy atom. The fraction of sp³-hybridized carbons (Fsp3) is 0.556. The van der Waals surface area contributed by atoms with E-state index in [0.29, 0.717) is 4.90 Å². The molecule has 0 aliphatic carbocycles. The number of amides is 4. The number of carboxylic acids is 1. The standard InChI is InChI=1S/C9H10F3N3O5/c1-8(6(18)19,9(10,11)12)14-4(16)3-15-5(17)2-13-7(15)20/h2-3H2,1H3,(H,13,20)(H,14,16)(H,18,19). The fourth-order valence-corrected chi connectivity index (χ4v) is 1.32. The number of nitrogens with zero attached hydrogens (tertiary/aromatic N) is 1. The molecule has 1 rings (SSSR count). The summed E-state index contributed by atoms with van der Waals surface area (Å²) in [5.41, 5.74) is -3.51. The third kappa shape index (κ3) is 2.81. The van der Waals surface area contributed by atoms with Crippen LogP contribution < -0.4 is 10.6 Å². The van der Waals surface area contributed by atoms with Crippen molar-refractivity contribution < 1.29 is 37.5 Å². The van der Waals surface area contributed by atoms with E-state index in [1.807, 2.05) is 0 Å². The van der Waals surface area contributed by atoms with E-state index in [1.54, 1.807) is 0 Å². The molecule has 1 unspecified atom stereocenters. The highest BCUT2D eigenvalue weighted by atomic mass is 19.4. The molecule has 1 aliphatic rings. The van der Waals surface area contributed by atoms with Crippen LogP contribution in [0.1, 0.15) is 6.92 Å². The summed E-state index contributed by atoms with van der Waals surface area (Å²) in [5.74, 6) is -4.53. The van der Waals surface area contributed by atoms with Gasteiger partial charge in [-0.2, -0.15) is 13.2 Å². The molecule has 0 aromatic rings. The van der Waals surface area contributed by atoms with Crippen molar-refractivity contribution >= 4 is 23.8 Å². The second kappa shape index (κ2) is 4.98. The van der Waals surface area contributed by atoms with Gasteiger partial charge in [0.05, 0.1) is 6.54 Å². The van der Waals surface area contributed by atoms with E-state index in [1.165, 1.54) is 5.32 Å². The quantitative estimate of drug-likeness (QED) is 0.579. The Bertz CT molecular complexity index is 462. The summed E-state index contributed by atoms with van der Waals surface area (Å²) in [6, 6.07) is -0.936. The van der Waals surface area contributed by atoms with Gasteiger partial charge in [0.15, 0.2) is 0 Å². The molecule has 0 bridgehead atoms. The van der Waals surface area contributed by atoms with Crippen LogP contribution in [0.3, 0.4) is 0 Å². The fourth-order valence-electron chi connectivity index (χ4n) is 1.32. The molecule has 3 N–H and O–H groups in total. The number of carbonyl (C=O) groups is 4. The predicted molar refractivity (Wildman–Crippen MR) is 55.4 cm³/mol. The van der Waals surface area contributed by atoms with Crippen molar-refractivity contribution in [3.05, 3.63) is 0 Å². The maximum atomic E-state index is 12.6. The second-order valence-corrected chi connectivity index (χ2v) is 4.11. The third-order valence-electron chi connectivity index (χ3n) is 2.62. The topological polar surface area (TPSA) is 116 Å². The van der Waals surface area contributed by atoms with Crippen molar-refractivity contribution in [1.82, 2.24) is 15.5 Å². The average molecular weight is 297 g/mol. The normalized spacial score (nSPS) is 18.5. The Hall–Kier alpha value is -2.33. The van der Waals surface area contributed by atoms with Crippen molar-refractivity contribution in [1.29, 1.82) is 0 Å². The van der Waals surface area contributed by atoms with Crippen molar-refractivity contribution in [3.63, 3.8) is 0 Å². The van der Waals surface area contributed by atoms with Gasteiger partial charge in [0.1, 0.15) is 6.54 Å². The Balaban J connectivity index is 2.81. The number of rotatable bonds is 4. The number of aliphatic carboxylic acids is 1. The highest BCUT2D eigenvalue weighted by Gasteiger charge is 2.58. The number of urea groups is 1. The minimum atomic E-state index is -5.24. The number of hydrogen-bond donors (Lipinski definition) is 3. The maximum absolute atomic E-state index is 12.6. The summed E-state index contributed by atoms with van der Waals surface area (Å²) in [6.45, 7) is -1.11. The molecule has 1 aliphatic heterocycles. The van der Waals surface area contributed by atoms with Crippen molar-refractivity contribution in [2.45, 2.75) is 18.6 Å². The molecule has 0 aromatic carbocycles. The van der Waals surface area contributed by atoms with Gasteiger partial charge in [-0.15, -0.1) is 0 Å². The molecule has 8 nitrogen and oxygen atoms in total. The van der Waals surface area contributed by atoms with Crippen LogP contribution in [0.4, 0.5) is 18.0 Å².